The van der Waals surface area contributed by atoms with Crippen LogP contribution >= 0.6 is 15.9 Å². The van der Waals surface area contributed by atoms with Gasteiger partial charge in [-0.1, -0.05) is 58.7 Å². The summed E-state index contributed by atoms with van der Waals surface area (Å²) in [6, 6.07) is 19.6. The molecule has 0 aliphatic heterocycles. The highest BCUT2D eigenvalue weighted by atomic mass is 79.9. The average molecular weight is 617 g/mol. The lowest BCUT2D eigenvalue weighted by Gasteiger charge is -2.32. The van der Waals surface area contributed by atoms with E-state index in [0.29, 0.717) is 12.3 Å². The van der Waals surface area contributed by atoms with Crippen molar-refractivity contribution in [3.63, 3.8) is 0 Å². The van der Waals surface area contributed by atoms with Crippen LogP contribution < -0.4 is 14.4 Å². The van der Waals surface area contributed by atoms with Gasteiger partial charge in [-0.15, -0.1) is 0 Å². The topological polar surface area (TPSA) is 96.0 Å². The Bertz CT molecular complexity index is 1380. The molecule has 1 N–H and O–H groups in total. The third-order valence-electron chi connectivity index (χ3n) is 6.21. The summed E-state index contributed by atoms with van der Waals surface area (Å²) in [6.45, 7) is 5.55. The first-order chi connectivity index (χ1) is 18.6. The Morgan fingerprint density at radius 3 is 2.31 bits per heavy atom. The van der Waals surface area contributed by atoms with Gasteiger partial charge in [0.25, 0.3) is 10.0 Å². The van der Waals surface area contributed by atoms with Gasteiger partial charge >= 0.3 is 0 Å². The number of halogens is 1. The van der Waals surface area contributed by atoms with E-state index < -0.39 is 28.5 Å². The molecule has 3 rings (SSSR count). The Morgan fingerprint density at radius 2 is 1.69 bits per heavy atom. The summed E-state index contributed by atoms with van der Waals surface area (Å²) in [7, 11) is -2.65. The maximum absolute atomic E-state index is 13.9. The highest BCUT2D eigenvalue weighted by Crippen LogP contribution is 2.28. The van der Waals surface area contributed by atoms with Crippen molar-refractivity contribution in [2.45, 2.75) is 44.7 Å². The zero-order valence-electron chi connectivity index (χ0n) is 22.6. The molecule has 0 unspecified atom stereocenters. The SMILES string of the molecule is CCCNC(=O)[C@@H](C)N(Cc1ccc(Br)cc1)C(=O)CN(c1cccc(OC)c1)S(=O)(=O)c1ccc(C)cc1. The van der Waals surface area contributed by atoms with Crippen LogP contribution in [-0.4, -0.2) is 51.4 Å². The van der Waals surface area contributed by atoms with Gasteiger partial charge in [-0.05, 0) is 62.2 Å². The Hall–Kier alpha value is -3.37. The van der Waals surface area contributed by atoms with Gasteiger partial charge in [0.15, 0.2) is 0 Å². The predicted molar refractivity (Wildman–Crippen MR) is 156 cm³/mol. The number of aryl methyl sites for hydroxylation is 1. The van der Waals surface area contributed by atoms with Gasteiger partial charge in [-0.2, -0.15) is 0 Å². The average Bonchev–Trinajstić information content (AvgIpc) is 2.93. The number of ether oxygens (including phenoxy) is 1. The minimum Gasteiger partial charge on any atom is -0.497 e. The molecule has 8 nitrogen and oxygen atoms in total. The Balaban J connectivity index is 2.03. The van der Waals surface area contributed by atoms with Gasteiger partial charge in [-0.25, -0.2) is 8.42 Å². The summed E-state index contributed by atoms with van der Waals surface area (Å²) in [5.41, 5.74) is 1.98. The van der Waals surface area contributed by atoms with Crippen molar-refractivity contribution in [1.29, 1.82) is 0 Å². The zero-order chi connectivity index (χ0) is 28.6. The van der Waals surface area contributed by atoms with Crippen LogP contribution in [0.25, 0.3) is 0 Å². The van der Waals surface area contributed by atoms with E-state index in [1.807, 2.05) is 38.1 Å². The maximum Gasteiger partial charge on any atom is 0.264 e. The molecule has 208 valence electrons. The van der Waals surface area contributed by atoms with Crippen LogP contribution in [0.15, 0.2) is 82.2 Å². The molecule has 2 amide bonds. The summed E-state index contributed by atoms with van der Waals surface area (Å²) >= 11 is 3.41. The molecule has 0 spiro atoms. The maximum atomic E-state index is 13.9. The molecule has 3 aromatic rings. The summed E-state index contributed by atoms with van der Waals surface area (Å²) < 4.78 is 35.0. The van der Waals surface area contributed by atoms with E-state index in [1.54, 1.807) is 43.3 Å². The minimum atomic E-state index is -4.14. The second-order valence-corrected chi connectivity index (χ2v) is 11.9. The van der Waals surface area contributed by atoms with E-state index in [2.05, 4.69) is 21.2 Å². The summed E-state index contributed by atoms with van der Waals surface area (Å²) in [6.07, 6.45) is 0.748. The van der Waals surface area contributed by atoms with Crippen molar-refractivity contribution in [2.24, 2.45) is 0 Å². The lowest BCUT2D eigenvalue weighted by atomic mass is 10.1. The molecule has 0 saturated carbocycles. The number of anilines is 1. The first-order valence-corrected chi connectivity index (χ1v) is 14.8. The van der Waals surface area contributed by atoms with Crippen LogP contribution in [0.3, 0.4) is 0 Å². The van der Waals surface area contributed by atoms with Crippen molar-refractivity contribution in [3.05, 3.63) is 88.4 Å². The molecule has 0 aromatic heterocycles. The van der Waals surface area contributed by atoms with Crippen LogP contribution in [0, 0.1) is 6.92 Å². The Morgan fingerprint density at radius 1 is 1.03 bits per heavy atom. The highest BCUT2D eigenvalue weighted by Gasteiger charge is 2.32. The number of benzene rings is 3. The lowest BCUT2D eigenvalue weighted by Crippen LogP contribution is -2.51. The van der Waals surface area contributed by atoms with E-state index in [-0.39, 0.29) is 23.0 Å². The first kappa shape index (κ1) is 30.2. The van der Waals surface area contributed by atoms with Gasteiger partial charge in [0.05, 0.1) is 17.7 Å². The number of carbonyl (C=O) groups excluding carboxylic acids is 2. The van der Waals surface area contributed by atoms with Gasteiger partial charge in [0, 0.05) is 23.6 Å². The highest BCUT2D eigenvalue weighted by molar-refractivity contribution is 9.10. The van der Waals surface area contributed by atoms with E-state index in [9.17, 15) is 18.0 Å². The van der Waals surface area contributed by atoms with Crippen LogP contribution in [0.5, 0.6) is 5.75 Å². The molecule has 1 atom stereocenters. The molecule has 0 saturated heterocycles. The number of sulfonamides is 1. The number of carbonyl (C=O) groups is 2. The molecule has 0 bridgehead atoms. The second kappa shape index (κ2) is 13.6. The van der Waals surface area contributed by atoms with Crippen molar-refractivity contribution in [2.75, 3.05) is 24.5 Å². The standard InChI is InChI=1S/C29H34BrN3O5S/c1-5-17-31-29(35)22(3)32(19-23-11-13-24(30)14-12-23)28(34)20-33(25-7-6-8-26(18-25)38-4)39(36,37)27-15-9-21(2)10-16-27/h6-16,18,22H,5,17,19-20H2,1-4H3,(H,31,35)/t22-/m1/s1. The summed E-state index contributed by atoms with van der Waals surface area (Å²) in [5.74, 6) is -0.379. The van der Waals surface area contributed by atoms with Gasteiger partial charge in [0.1, 0.15) is 18.3 Å². The summed E-state index contributed by atoms with van der Waals surface area (Å²) in [5, 5.41) is 2.84. The molecule has 3 aromatic carbocycles. The quantitative estimate of drug-likeness (QED) is 0.312. The van der Waals surface area contributed by atoms with Crippen molar-refractivity contribution in [1.82, 2.24) is 10.2 Å². The van der Waals surface area contributed by atoms with Crippen LogP contribution in [0.4, 0.5) is 5.69 Å². The Kier molecular flexibility index (Phi) is 10.5. The zero-order valence-corrected chi connectivity index (χ0v) is 25.0. The molecule has 39 heavy (non-hydrogen) atoms. The second-order valence-electron chi connectivity index (χ2n) is 9.14. The number of rotatable bonds is 12. The molecule has 0 fully saturated rings. The van der Waals surface area contributed by atoms with Crippen molar-refractivity contribution in [3.8, 4) is 5.75 Å². The van der Waals surface area contributed by atoms with Gasteiger partial charge in [-0.3, -0.25) is 13.9 Å². The molecule has 0 aliphatic rings. The van der Waals surface area contributed by atoms with Crippen LogP contribution in [0.1, 0.15) is 31.4 Å². The molecule has 0 heterocycles. The van der Waals surface area contributed by atoms with E-state index in [0.717, 1.165) is 26.3 Å². The molecular weight excluding hydrogens is 582 g/mol. The number of nitrogens with zero attached hydrogens (tertiary/aromatic N) is 2. The third kappa shape index (κ3) is 7.83. The van der Waals surface area contributed by atoms with Crippen molar-refractivity contribution >= 4 is 43.5 Å². The normalized spacial score (nSPS) is 11.9. The van der Waals surface area contributed by atoms with Crippen molar-refractivity contribution < 1.29 is 22.7 Å². The van der Waals surface area contributed by atoms with E-state index in [1.165, 1.54) is 24.1 Å². The van der Waals surface area contributed by atoms with Gasteiger partial charge in [0.2, 0.25) is 11.8 Å². The molecule has 10 heteroatoms. The number of nitrogens with one attached hydrogen (secondary N) is 1. The fourth-order valence-corrected chi connectivity index (χ4v) is 5.57. The van der Waals surface area contributed by atoms with Crippen LogP contribution in [-0.2, 0) is 26.2 Å². The monoisotopic (exact) mass is 615 g/mol. The number of methoxy groups -OCH3 is 1. The number of hydrogen-bond acceptors (Lipinski definition) is 5. The fourth-order valence-electron chi connectivity index (χ4n) is 3.90. The molecule has 0 radical (unpaired) electrons. The number of amides is 2. The smallest absolute Gasteiger partial charge is 0.264 e. The van der Waals surface area contributed by atoms with Crippen LogP contribution in [0.2, 0.25) is 0 Å². The van der Waals surface area contributed by atoms with E-state index >= 15 is 0 Å². The number of hydrogen-bond donors (Lipinski definition) is 1. The predicted octanol–water partition coefficient (Wildman–Crippen LogP) is 4.90. The fraction of sp³-hybridized carbons (Fsp3) is 0.310. The minimum absolute atomic E-state index is 0.0527. The molecule has 0 aliphatic carbocycles. The van der Waals surface area contributed by atoms with E-state index in [4.69, 9.17) is 4.74 Å². The lowest BCUT2D eigenvalue weighted by molar-refractivity contribution is -0.139. The van der Waals surface area contributed by atoms with Gasteiger partial charge < -0.3 is 15.0 Å². The first-order valence-electron chi connectivity index (χ1n) is 12.6. The third-order valence-corrected chi connectivity index (χ3v) is 8.53. The largest absolute Gasteiger partial charge is 0.497 e. The summed E-state index contributed by atoms with van der Waals surface area (Å²) in [4.78, 5) is 28.3. The molecular formula is C29H34BrN3O5S. The Labute approximate surface area is 239 Å².